The summed E-state index contributed by atoms with van der Waals surface area (Å²) in [5.41, 5.74) is 1.74. The second-order valence-electron chi connectivity index (χ2n) is 7.36. The molecule has 3 aliphatic rings. The normalized spacial score (nSPS) is 23.4. The van der Waals surface area contributed by atoms with Crippen LogP contribution in [0.25, 0.3) is 0 Å². The van der Waals surface area contributed by atoms with Crippen molar-refractivity contribution in [3.63, 3.8) is 0 Å². The van der Waals surface area contributed by atoms with Crippen LogP contribution in [0, 0.1) is 0 Å². The first-order chi connectivity index (χ1) is 14.6. The summed E-state index contributed by atoms with van der Waals surface area (Å²) in [5.74, 6) is 0.851. The van der Waals surface area contributed by atoms with Crippen molar-refractivity contribution in [2.24, 2.45) is 5.10 Å². The lowest BCUT2D eigenvalue weighted by Crippen LogP contribution is -2.55. The van der Waals surface area contributed by atoms with E-state index >= 15 is 0 Å². The van der Waals surface area contributed by atoms with E-state index in [1.54, 1.807) is 41.7 Å². The van der Waals surface area contributed by atoms with Crippen LogP contribution in [0.3, 0.4) is 0 Å². The number of hydrogen-bond donors (Lipinski definition) is 1. The number of rotatable bonds is 2. The van der Waals surface area contributed by atoms with Crippen molar-refractivity contribution < 1.29 is 14.3 Å². The molecule has 0 bridgehead atoms. The van der Waals surface area contributed by atoms with E-state index < -0.39 is 5.72 Å². The number of methoxy groups -OCH3 is 1. The third kappa shape index (κ3) is 2.24. The monoisotopic (exact) mass is 437 g/mol. The van der Waals surface area contributed by atoms with Gasteiger partial charge in [-0.15, -0.1) is 11.3 Å². The number of para-hydroxylation sites is 1. The Labute approximate surface area is 181 Å². The SMILES string of the molecule is COc1cccc2c1OC1(C(=O)Nc3ccc(Cl)cc31)N1N=C(c3cccs3)CC21. The lowest BCUT2D eigenvalue weighted by atomic mass is 9.93. The molecular weight excluding hydrogens is 422 g/mol. The second-order valence-corrected chi connectivity index (χ2v) is 8.74. The Bertz CT molecular complexity index is 1230. The zero-order valence-electron chi connectivity index (χ0n) is 15.9. The summed E-state index contributed by atoms with van der Waals surface area (Å²) in [4.78, 5) is 14.5. The summed E-state index contributed by atoms with van der Waals surface area (Å²) in [7, 11) is 1.60. The molecule has 30 heavy (non-hydrogen) atoms. The summed E-state index contributed by atoms with van der Waals surface area (Å²) in [6.07, 6.45) is 0.662. The van der Waals surface area contributed by atoms with Gasteiger partial charge in [-0.3, -0.25) is 4.79 Å². The van der Waals surface area contributed by atoms with Gasteiger partial charge in [0.1, 0.15) is 0 Å². The maximum Gasteiger partial charge on any atom is 0.306 e. The third-order valence-electron chi connectivity index (χ3n) is 5.78. The van der Waals surface area contributed by atoms with Crippen molar-refractivity contribution in [3.05, 3.63) is 74.9 Å². The Balaban J connectivity index is 1.62. The molecule has 2 atom stereocenters. The minimum atomic E-state index is -1.45. The molecule has 6 nitrogen and oxygen atoms in total. The molecule has 3 aromatic rings. The molecule has 6 rings (SSSR count). The number of anilines is 1. The predicted molar refractivity (Wildman–Crippen MR) is 115 cm³/mol. The van der Waals surface area contributed by atoms with Crippen molar-refractivity contribution in [3.8, 4) is 11.5 Å². The van der Waals surface area contributed by atoms with Crippen molar-refractivity contribution in [1.29, 1.82) is 0 Å². The molecule has 4 heterocycles. The van der Waals surface area contributed by atoms with E-state index in [1.807, 2.05) is 35.7 Å². The quantitative estimate of drug-likeness (QED) is 0.628. The van der Waals surface area contributed by atoms with Gasteiger partial charge in [0, 0.05) is 17.0 Å². The Hall–Kier alpha value is -3.03. The van der Waals surface area contributed by atoms with Crippen molar-refractivity contribution in [1.82, 2.24) is 5.01 Å². The standard InChI is InChI=1S/C22H16ClN3O3S/c1-28-18-5-2-4-13-17-11-16(19-6-3-9-30-19)25-26(17)22(29-20(13)18)14-10-12(23)7-8-15(14)24-21(22)27/h2-10,17H,11H2,1H3,(H,24,27). The lowest BCUT2D eigenvalue weighted by Gasteiger charge is -2.44. The van der Waals surface area contributed by atoms with Gasteiger partial charge in [0.15, 0.2) is 11.5 Å². The fourth-order valence-electron chi connectivity index (χ4n) is 4.46. The van der Waals surface area contributed by atoms with E-state index in [-0.39, 0.29) is 11.9 Å². The van der Waals surface area contributed by atoms with Gasteiger partial charge in [-0.1, -0.05) is 29.8 Å². The van der Waals surface area contributed by atoms with Crippen LogP contribution in [0.1, 0.15) is 28.5 Å². The van der Waals surface area contributed by atoms with Crippen LogP contribution in [0.15, 0.2) is 59.0 Å². The smallest absolute Gasteiger partial charge is 0.306 e. The molecule has 1 N–H and O–H groups in total. The highest BCUT2D eigenvalue weighted by Crippen LogP contribution is 2.56. The van der Waals surface area contributed by atoms with Gasteiger partial charge in [-0.2, -0.15) is 5.10 Å². The minimum absolute atomic E-state index is 0.170. The molecule has 0 fully saturated rings. The van der Waals surface area contributed by atoms with Gasteiger partial charge in [-0.05, 0) is 35.7 Å². The number of benzene rings is 2. The van der Waals surface area contributed by atoms with Gasteiger partial charge >= 0.3 is 5.72 Å². The number of fused-ring (bicyclic) bond motifs is 6. The van der Waals surface area contributed by atoms with Crippen molar-refractivity contribution in [2.75, 3.05) is 12.4 Å². The summed E-state index contributed by atoms with van der Waals surface area (Å²) in [6.45, 7) is 0. The summed E-state index contributed by atoms with van der Waals surface area (Å²) in [6, 6.07) is 15.0. The molecule has 3 aliphatic heterocycles. The lowest BCUT2D eigenvalue weighted by molar-refractivity contribution is -0.161. The fourth-order valence-corrected chi connectivity index (χ4v) is 5.35. The average Bonchev–Trinajstić information content (AvgIpc) is 3.48. The van der Waals surface area contributed by atoms with Crippen molar-refractivity contribution >= 4 is 40.2 Å². The molecule has 0 saturated carbocycles. The Kier molecular flexibility index (Phi) is 3.70. The van der Waals surface area contributed by atoms with E-state index in [0.717, 1.165) is 16.2 Å². The molecular formula is C22H16ClN3O3S. The van der Waals surface area contributed by atoms with E-state index in [2.05, 4.69) is 5.32 Å². The number of hydrazone groups is 1. The molecule has 2 aromatic carbocycles. The largest absolute Gasteiger partial charge is 0.493 e. The molecule has 0 radical (unpaired) electrons. The van der Waals surface area contributed by atoms with Crippen LogP contribution < -0.4 is 14.8 Å². The van der Waals surface area contributed by atoms with Gasteiger partial charge in [0.25, 0.3) is 5.91 Å². The Morgan fingerprint density at radius 3 is 3.00 bits per heavy atom. The molecule has 150 valence electrons. The summed E-state index contributed by atoms with van der Waals surface area (Å²) >= 11 is 7.94. The first-order valence-electron chi connectivity index (χ1n) is 9.50. The maximum absolute atomic E-state index is 13.4. The molecule has 8 heteroatoms. The number of nitrogens with zero attached hydrogens (tertiary/aromatic N) is 2. The van der Waals surface area contributed by atoms with E-state index in [0.29, 0.717) is 34.2 Å². The molecule has 0 saturated heterocycles. The number of carbonyl (C=O) groups excluding carboxylic acids is 1. The number of thiophene rings is 1. The van der Waals surface area contributed by atoms with Gasteiger partial charge < -0.3 is 14.8 Å². The van der Waals surface area contributed by atoms with Crippen LogP contribution in [0.4, 0.5) is 5.69 Å². The van der Waals surface area contributed by atoms with Gasteiger partial charge in [0.2, 0.25) is 0 Å². The number of ether oxygens (including phenoxy) is 2. The molecule has 1 spiro atoms. The Morgan fingerprint density at radius 2 is 2.20 bits per heavy atom. The van der Waals surface area contributed by atoms with Crippen molar-refractivity contribution in [2.45, 2.75) is 18.2 Å². The second kappa shape index (κ2) is 6.23. The van der Waals surface area contributed by atoms with E-state index in [1.165, 1.54) is 0 Å². The van der Waals surface area contributed by atoms with Gasteiger partial charge in [-0.25, -0.2) is 5.01 Å². The fraction of sp³-hybridized carbons (Fsp3) is 0.182. The van der Waals surface area contributed by atoms with E-state index in [4.69, 9.17) is 26.2 Å². The molecule has 2 unspecified atom stereocenters. The number of nitrogens with one attached hydrogen (secondary N) is 1. The van der Waals surface area contributed by atoms with Crippen LogP contribution >= 0.6 is 22.9 Å². The first-order valence-corrected chi connectivity index (χ1v) is 10.8. The highest BCUT2D eigenvalue weighted by molar-refractivity contribution is 7.12. The topological polar surface area (TPSA) is 63.2 Å². The highest BCUT2D eigenvalue weighted by Gasteiger charge is 2.61. The molecule has 0 aliphatic carbocycles. The maximum atomic E-state index is 13.4. The zero-order chi connectivity index (χ0) is 20.5. The number of hydrogen-bond acceptors (Lipinski definition) is 6. The van der Waals surface area contributed by atoms with Crippen LogP contribution in [0.2, 0.25) is 5.02 Å². The molecule has 1 aromatic heterocycles. The third-order valence-corrected chi connectivity index (χ3v) is 6.93. The average molecular weight is 438 g/mol. The summed E-state index contributed by atoms with van der Waals surface area (Å²) < 4.78 is 12.1. The first kappa shape index (κ1) is 17.8. The van der Waals surface area contributed by atoms with Crippen LogP contribution in [-0.4, -0.2) is 23.7 Å². The van der Waals surface area contributed by atoms with E-state index in [9.17, 15) is 4.79 Å². The Morgan fingerprint density at radius 1 is 1.30 bits per heavy atom. The predicted octanol–water partition coefficient (Wildman–Crippen LogP) is 4.76. The number of carbonyl (C=O) groups is 1. The van der Waals surface area contributed by atoms with Crippen LogP contribution in [-0.2, 0) is 10.5 Å². The van der Waals surface area contributed by atoms with Crippen LogP contribution in [0.5, 0.6) is 11.5 Å². The zero-order valence-corrected chi connectivity index (χ0v) is 17.5. The number of amides is 1. The summed E-state index contributed by atoms with van der Waals surface area (Å²) in [5, 5.41) is 12.2. The molecule has 1 amide bonds. The highest BCUT2D eigenvalue weighted by atomic mass is 35.5. The minimum Gasteiger partial charge on any atom is -0.493 e. The number of halogens is 1. The van der Waals surface area contributed by atoms with Gasteiger partial charge in [0.05, 0.1) is 35.0 Å².